The largest absolute Gasteiger partial charge is 0.417 e. The normalized spacial score (nSPS) is 25.0. The summed E-state index contributed by atoms with van der Waals surface area (Å²) >= 11 is 0. The maximum absolute atomic E-state index is 14.2. The highest BCUT2D eigenvalue weighted by Crippen LogP contribution is 2.43. The number of nitrogens with zero attached hydrogens (tertiary/aromatic N) is 5. The molecular formula is C27H29F5N6O3S. The van der Waals surface area contributed by atoms with Crippen molar-refractivity contribution in [1.82, 2.24) is 15.1 Å². The van der Waals surface area contributed by atoms with Gasteiger partial charge in [0.05, 0.1) is 46.6 Å². The molecule has 42 heavy (non-hydrogen) atoms. The lowest BCUT2D eigenvalue weighted by Gasteiger charge is -2.40. The lowest BCUT2D eigenvalue weighted by atomic mass is 9.93. The van der Waals surface area contributed by atoms with E-state index in [1.165, 1.54) is 0 Å². The Morgan fingerprint density at radius 1 is 1.17 bits per heavy atom. The van der Waals surface area contributed by atoms with E-state index in [0.29, 0.717) is 30.4 Å². The van der Waals surface area contributed by atoms with Gasteiger partial charge in [0, 0.05) is 18.3 Å². The van der Waals surface area contributed by atoms with Crippen LogP contribution < -0.4 is 15.1 Å². The maximum Gasteiger partial charge on any atom is 0.417 e. The number of aryl methyl sites for hydroxylation is 1. The number of aromatic nitrogens is 2. The minimum absolute atomic E-state index is 0.0558. The smallest absolute Gasteiger partial charge is 0.359 e. The second-order valence-corrected chi connectivity index (χ2v) is 14.0. The number of amides is 1. The molecule has 0 unspecified atom stereocenters. The quantitative estimate of drug-likeness (QED) is 0.471. The molecular weight excluding hydrogens is 583 g/mol. The van der Waals surface area contributed by atoms with Crippen LogP contribution in [0, 0.1) is 18.3 Å². The van der Waals surface area contributed by atoms with E-state index in [0.717, 1.165) is 36.3 Å². The van der Waals surface area contributed by atoms with Crippen molar-refractivity contribution >= 4 is 27.2 Å². The van der Waals surface area contributed by atoms with Gasteiger partial charge in [-0.3, -0.25) is 4.79 Å². The number of hydrogen-bond donors (Lipinski definition) is 1. The highest BCUT2D eigenvalue weighted by atomic mass is 32.2. The number of alkyl halides is 5. The summed E-state index contributed by atoms with van der Waals surface area (Å²) in [6, 6.07) is 5.30. The summed E-state index contributed by atoms with van der Waals surface area (Å²) in [6.07, 6.45) is -1.79. The predicted octanol–water partition coefficient (Wildman–Crippen LogP) is 3.98. The molecule has 0 bridgehead atoms. The fourth-order valence-corrected chi connectivity index (χ4v) is 7.80. The molecule has 4 aliphatic rings. The van der Waals surface area contributed by atoms with E-state index in [2.05, 4.69) is 16.5 Å². The van der Waals surface area contributed by atoms with Crippen LogP contribution in [0.5, 0.6) is 0 Å². The van der Waals surface area contributed by atoms with Crippen LogP contribution in [0.15, 0.2) is 29.2 Å². The van der Waals surface area contributed by atoms with Crippen LogP contribution >= 0.6 is 0 Å². The van der Waals surface area contributed by atoms with E-state index >= 15 is 0 Å². The fourth-order valence-electron chi connectivity index (χ4n) is 5.91. The molecule has 9 nitrogen and oxygen atoms in total. The van der Waals surface area contributed by atoms with Crippen LogP contribution in [0.3, 0.4) is 0 Å². The summed E-state index contributed by atoms with van der Waals surface area (Å²) in [5.74, 6) is -3.10. The number of anilines is 2. The Kier molecular flexibility index (Phi) is 6.53. The summed E-state index contributed by atoms with van der Waals surface area (Å²) in [7, 11) is -4.67. The number of benzene rings is 1. The standard InChI is InChI=1S/C27H29F5N6O3S/c1-16-9-23(38(35-16)17-3-2-4-17)37-12-19(11-21(37)24(39)34-25(13-33)7-8-25)42(40,41)22-6-5-18(10-20(22)27(30,31)32)36-14-26(28,29)15-36/h5-6,9-10,17,19,21H,2-4,7-8,11-12,14-15H2,1H3,(H,34,39)/t19-,21+/m1/s1. The number of sulfone groups is 1. The third kappa shape index (κ3) is 4.97. The zero-order valence-corrected chi connectivity index (χ0v) is 23.5. The Morgan fingerprint density at radius 3 is 2.40 bits per heavy atom. The minimum atomic E-state index is -5.08. The molecule has 0 radical (unpaired) electrons. The number of nitriles is 1. The van der Waals surface area contributed by atoms with Crippen molar-refractivity contribution in [3.8, 4) is 6.07 Å². The second-order valence-electron chi connectivity index (χ2n) is 11.8. The first-order chi connectivity index (χ1) is 19.6. The molecule has 15 heteroatoms. The molecule has 1 N–H and O–H groups in total. The zero-order chi connectivity index (χ0) is 30.2. The van der Waals surface area contributed by atoms with Crippen LogP contribution in [0.4, 0.5) is 33.5 Å². The monoisotopic (exact) mass is 612 g/mol. The lowest BCUT2D eigenvalue weighted by Crippen LogP contribution is -2.56. The SMILES string of the molecule is Cc1cc(N2C[C@H](S(=O)(=O)c3ccc(N4CC(F)(F)C4)cc3C(F)(F)F)C[C@H]2C(=O)NC2(C#N)CC2)n(C2CCC2)n1. The maximum atomic E-state index is 14.2. The topological polar surface area (TPSA) is 111 Å². The third-order valence-corrected chi connectivity index (χ3v) is 10.9. The first-order valence-electron chi connectivity index (χ1n) is 13.8. The van der Waals surface area contributed by atoms with Crippen molar-refractivity contribution in [3.63, 3.8) is 0 Å². The highest BCUT2D eigenvalue weighted by Gasteiger charge is 2.51. The predicted molar refractivity (Wildman–Crippen MR) is 141 cm³/mol. The van der Waals surface area contributed by atoms with Crippen molar-refractivity contribution in [3.05, 3.63) is 35.5 Å². The molecule has 1 amide bonds. The van der Waals surface area contributed by atoms with Crippen molar-refractivity contribution in [1.29, 1.82) is 5.26 Å². The van der Waals surface area contributed by atoms with E-state index in [9.17, 15) is 40.4 Å². The van der Waals surface area contributed by atoms with Crippen LogP contribution in [0.2, 0.25) is 0 Å². The van der Waals surface area contributed by atoms with Crippen molar-refractivity contribution in [2.24, 2.45) is 0 Å². The molecule has 4 fully saturated rings. The van der Waals surface area contributed by atoms with Crippen LogP contribution in [0.1, 0.15) is 55.8 Å². The molecule has 1 aromatic carbocycles. The fraction of sp³-hybridized carbons (Fsp3) is 0.593. The van der Waals surface area contributed by atoms with Gasteiger partial charge in [-0.15, -0.1) is 0 Å². The van der Waals surface area contributed by atoms with E-state index < -0.39 is 68.2 Å². The van der Waals surface area contributed by atoms with E-state index in [-0.39, 0.29) is 24.7 Å². The molecule has 0 spiro atoms. The van der Waals surface area contributed by atoms with Gasteiger partial charge < -0.3 is 15.1 Å². The molecule has 6 rings (SSSR count). The van der Waals surface area contributed by atoms with Crippen LogP contribution in [-0.4, -0.2) is 66.5 Å². The zero-order valence-electron chi connectivity index (χ0n) is 22.7. The Bertz CT molecular complexity index is 1570. The Labute approximate surface area is 239 Å². The van der Waals surface area contributed by atoms with E-state index in [1.807, 2.05) is 0 Å². The summed E-state index contributed by atoms with van der Waals surface area (Å²) in [5.41, 5.74) is -1.98. The molecule has 2 saturated carbocycles. The summed E-state index contributed by atoms with van der Waals surface area (Å²) in [4.78, 5) is 15.2. The Morgan fingerprint density at radius 2 is 1.86 bits per heavy atom. The average Bonchev–Trinajstić information content (AvgIpc) is 3.31. The van der Waals surface area contributed by atoms with Gasteiger partial charge in [-0.05, 0) is 63.6 Å². The Balaban J connectivity index is 1.36. The van der Waals surface area contributed by atoms with Gasteiger partial charge in [0.2, 0.25) is 5.91 Å². The van der Waals surface area contributed by atoms with Gasteiger partial charge in [0.25, 0.3) is 5.92 Å². The number of halogens is 5. The van der Waals surface area contributed by atoms with Gasteiger partial charge in [-0.2, -0.15) is 23.5 Å². The first kappa shape index (κ1) is 28.7. The van der Waals surface area contributed by atoms with Crippen molar-refractivity contribution < 1.29 is 35.2 Å². The summed E-state index contributed by atoms with van der Waals surface area (Å²) in [6.45, 7) is -0.0284. The molecule has 1 aromatic heterocycles. The number of nitrogens with one attached hydrogen (secondary N) is 1. The number of carbonyl (C=O) groups is 1. The average molecular weight is 613 g/mol. The van der Waals surface area contributed by atoms with Gasteiger partial charge in [0.15, 0.2) is 9.84 Å². The number of rotatable bonds is 7. The molecule has 2 atom stereocenters. The van der Waals surface area contributed by atoms with E-state index in [4.69, 9.17) is 0 Å². The third-order valence-electron chi connectivity index (χ3n) is 8.67. The van der Waals surface area contributed by atoms with Crippen LogP contribution in [0.25, 0.3) is 0 Å². The summed E-state index contributed by atoms with van der Waals surface area (Å²) < 4.78 is 98.9. The van der Waals surface area contributed by atoms with Gasteiger partial charge >= 0.3 is 6.18 Å². The van der Waals surface area contributed by atoms with Gasteiger partial charge in [-0.1, -0.05) is 0 Å². The van der Waals surface area contributed by atoms with Crippen LogP contribution in [-0.2, 0) is 20.8 Å². The number of carbonyl (C=O) groups excluding carboxylic acids is 1. The molecule has 3 heterocycles. The molecule has 2 aromatic rings. The molecule has 2 aliphatic heterocycles. The Hall–Kier alpha value is -3.41. The molecule has 226 valence electrons. The van der Waals surface area contributed by atoms with Crippen molar-refractivity contribution in [2.75, 3.05) is 29.4 Å². The molecule has 2 saturated heterocycles. The first-order valence-corrected chi connectivity index (χ1v) is 15.3. The minimum Gasteiger partial charge on any atom is -0.359 e. The highest BCUT2D eigenvalue weighted by molar-refractivity contribution is 7.92. The molecule has 2 aliphatic carbocycles. The number of hydrogen-bond acceptors (Lipinski definition) is 7. The van der Waals surface area contributed by atoms with Crippen molar-refractivity contribution in [2.45, 2.75) is 85.3 Å². The summed E-state index contributed by atoms with van der Waals surface area (Å²) in [5, 5.41) is 15.4. The van der Waals surface area contributed by atoms with Gasteiger partial charge in [0.1, 0.15) is 17.4 Å². The second kappa shape index (κ2) is 9.55. The van der Waals surface area contributed by atoms with E-state index in [1.54, 1.807) is 22.6 Å². The van der Waals surface area contributed by atoms with Gasteiger partial charge in [-0.25, -0.2) is 21.9 Å². The lowest BCUT2D eigenvalue weighted by molar-refractivity contribution is -0.139.